The number of hydrogen-bond acceptors (Lipinski definition) is 5. The number of phenols is 2. The molecule has 1 rings (SSSR count). The van der Waals surface area contributed by atoms with Crippen molar-refractivity contribution in [2.45, 2.75) is 12.5 Å². The average molecular weight is 267 g/mol. The third-order valence-electron chi connectivity index (χ3n) is 2.31. The molecule has 0 bridgehead atoms. The number of rotatable bonds is 5. The highest BCUT2D eigenvalue weighted by Gasteiger charge is 2.23. The number of aromatic hydroxyl groups is 2. The maximum Gasteiger partial charge on any atom is 0.255 e. The standard InChI is InChI=1S/C11H13N3O5/c12-8(16)4-6(10(13)18)14-11(19)5-2-1-3-7(15)9(5)17/h1-3,6,15,17H,4H2,(H2,12,16)(H2,13,18)(H,14,19)/t6-/m0/s1. The molecule has 7 N–H and O–H groups in total. The van der Waals surface area contributed by atoms with Crippen LogP contribution in [0, 0.1) is 0 Å². The predicted molar refractivity (Wildman–Crippen MR) is 64.0 cm³/mol. The van der Waals surface area contributed by atoms with Crippen molar-refractivity contribution in [2.75, 3.05) is 0 Å². The largest absolute Gasteiger partial charge is 0.504 e. The smallest absolute Gasteiger partial charge is 0.255 e. The number of nitrogens with two attached hydrogens (primary N) is 2. The van der Waals surface area contributed by atoms with Crippen molar-refractivity contribution in [1.29, 1.82) is 0 Å². The monoisotopic (exact) mass is 267 g/mol. The molecule has 19 heavy (non-hydrogen) atoms. The maximum absolute atomic E-state index is 11.8. The molecular formula is C11H13N3O5. The number of nitrogens with one attached hydrogen (secondary N) is 1. The Morgan fingerprint density at radius 1 is 1.21 bits per heavy atom. The van der Waals surface area contributed by atoms with Gasteiger partial charge in [-0.15, -0.1) is 0 Å². The minimum atomic E-state index is -1.29. The minimum Gasteiger partial charge on any atom is -0.504 e. The Hall–Kier alpha value is -2.77. The van der Waals surface area contributed by atoms with Crippen LogP contribution >= 0.6 is 0 Å². The fourth-order valence-electron chi connectivity index (χ4n) is 1.37. The molecule has 0 aliphatic heterocycles. The van der Waals surface area contributed by atoms with E-state index < -0.39 is 41.7 Å². The van der Waals surface area contributed by atoms with Crippen LogP contribution in [0.25, 0.3) is 0 Å². The highest BCUT2D eigenvalue weighted by molar-refractivity contribution is 6.00. The number of amides is 3. The van der Waals surface area contributed by atoms with Crippen molar-refractivity contribution in [3.8, 4) is 11.5 Å². The van der Waals surface area contributed by atoms with Gasteiger partial charge in [-0.25, -0.2) is 0 Å². The molecule has 0 saturated carbocycles. The molecule has 8 heteroatoms. The second kappa shape index (κ2) is 5.71. The molecule has 1 atom stereocenters. The normalized spacial score (nSPS) is 11.6. The Balaban J connectivity index is 2.91. The summed E-state index contributed by atoms with van der Waals surface area (Å²) < 4.78 is 0. The molecule has 0 aliphatic rings. The fraction of sp³-hybridized carbons (Fsp3) is 0.182. The topological polar surface area (TPSA) is 156 Å². The van der Waals surface area contributed by atoms with E-state index in [1.54, 1.807) is 0 Å². The molecule has 0 saturated heterocycles. The van der Waals surface area contributed by atoms with E-state index in [0.717, 1.165) is 0 Å². The van der Waals surface area contributed by atoms with Crippen molar-refractivity contribution in [3.05, 3.63) is 23.8 Å². The molecule has 102 valence electrons. The van der Waals surface area contributed by atoms with Crippen molar-refractivity contribution in [1.82, 2.24) is 5.32 Å². The number of primary amides is 2. The second-order valence-electron chi connectivity index (χ2n) is 3.77. The van der Waals surface area contributed by atoms with Crippen molar-refractivity contribution >= 4 is 17.7 Å². The summed E-state index contributed by atoms with van der Waals surface area (Å²) in [6, 6.07) is 2.46. The van der Waals surface area contributed by atoms with E-state index in [-0.39, 0.29) is 5.56 Å². The van der Waals surface area contributed by atoms with E-state index in [4.69, 9.17) is 11.5 Å². The zero-order chi connectivity index (χ0) is 14.6. The first kappa shape index (κ1) is 14.3. The van der Waals surface area contributed by atoms with E-state index in [9.17, 15) is 24.6 Å². The summed E-state index contributed by atoms with van der Waals surface area (Å²) in [5.41, 5.74) is 9.66. The van der Waals surface area contributed by atoms with Crippen LogP contribution in [0.2, 0.25) is 0 Å². The highest BCUT2D eigenvalue weighted by Crippen LogP contribution is 2.27. The number of carbonyl (C=O) groups excluding carboxylic acids is 3. The van der Waals surface area contributed by atoms with E-state index in [1.165, 1.54) is 18.2 Å². The van der Waals surface area contributed by atoms with Gasteiger partial charge in [0.1, 0.15) is 6.04 Å². The average Bonchev–Trinajstić information content (AvgIpc) is 2.31. The summed E-state index contributed by atoms with van der Waals surface area (Å²) in [7, 11) is 0. The molecule has 1 aromatic rings. The van der Waals surface area contributed by atoms with Gasteiger partial charge in [-0.1, -0.05) is 6.07 Å². The fourth-order valence-corrected chi connectivity index (χ4v) is 1.37. The van der Waals surface area contributed by atoms with E-state index >= 15 is 0 Å². The van der Waals surface area contributed by atoms with Gasteiger partial charge in [0.25, 0.3) is 5.91 Å². The number of para-hydroxylation sites is 1. The molecule has 0 aromatic heterocycles. The molecule has 3 amide bonds. The van der Waals surface area contributed by atoms with Crippen LogP contribution in [-0.4, -0.2) is 34.0 Å². The Morgan fingerprint density at radius 3 is 2.37 bits per heavy atom. The first-order valence-electron chi connectivity index (χ1n) is 5.22. The summed E-state index contributed by atoms with van der Waals surface area (Å²) in [6.45, 7) is 0. The zero-order valence-corrected chi connectivity index (χ0v) is 9.79. The van der Waals surface area contributed by atoms with Gasteiger partial charge in [-0.2, -0.15) is 0 Å². The Kier molecular flexibility index (Phi) is 4.30. The third kappa shape index (κ3) is 3.60. The molecule has 0 aliphatic carbocycles. The molecule has 0 heterocycles. The molecule has 0 radical (unpaired) electrons. The lowest BCUT2D eigenvalue weighted by atomic mass is 10.1. The molecule has 8 nitrogen and oxygen atoms in total. The van der Waals surface area contributed by atoms with Gasteiger partial charge in [-0.3, -0.25) is 14.4 Å². The van der Waals surface area contributed by atoms with Crippen LogP contribution in [-0.2, 0) is 9.59 Å². The van der Waals surface area contributed by atoms with Crippen LogP contribution in [0.3, 0.4) is 0 Å². The van der Waals surface area contributed by atoms with E-state index in [0.29, 0.717) is 0 Å². The van der Waals surface area contributed by atoms with Crippen LogP contribution < -0.4 is 16.8 Å². The van der Waals surface area contributed by atoms with Crippen molar-refractivity contribution < 1.29 is 24.6 Å². The van der Waals surface area contributed by atoms with Gasteiger partial charge in [0.2, 0.25) is 11.8 Å². The first-order chi connectivity index (χ1) is 8.82. The number of phenolic OH excluding ortho intramolecular Hbond substituents is 2. The van der Waals surface area contributed by atoms with E-state index in [1.807, 2.05) is 0 Å². The van der Waals surface area contributed by atoms with Crippen molar-refractivity contribution in [3.63, 3.8) is 0 Å². The van der Waals surface area contributed by atoms with Crippen molar-refractivity contribution in [2.24, 2.45) is 11.5 Å². The minimum absolute atomic E-state index is 0.254. The zero-order valence-electron chi connectivity index (χ0n) is 9.79. The number of hydrogen-bond donors (Lipinski definition) is 5. The third-order valence-corrected chi connectivity index (χ3v) is 2.31. The van der Waals surface area contributed by atoms with E-state index in [2.05, 4.69) is 5.32 Å². The molecule has 0 spiro atoms. The summed E-state index contributed by atoms with van der Waals surface area (Å²) in [6.07, 6.45) is -0.458. The first-order valence-corrected chi connectivity index (χ1v) is 5.22. The Bertz CT molecular complexity index is 529. The van der Waals surface area contributed by atoms with Gasteiger partial charge in [0.05, 0.1) is 12.0 Å². The second-order valence-corrected chi connectivity index (χ2v) is 3.77. The molecule has 0 unspecified atom stereocenters. The van der Waals surface area contributed by atoms with Crippen LogP contribution in [0.4, 0.5) is 0 Å². The maximum atomic E-state index is 11.8. The van der Waals surface area contributed by atoms with Gasteiger partial charge < -0.3 is 27.0 Å². The Morgan fingerprint density at radius 2 is 1.84 bits per heavy atom. The van der Waals surface area contributed by atoms with Crippen LogP contribution in [0.15, 0.2) is 18.2 Å². The molecule has 0 fully saturated rings. The summed E-state index contributed by atoms with van der Waals surface area (Å²) in [4.78, 5) is 33.5. The van der Waals surface area contributed by atoms with Gasteiger partial charge >= 0.3 is 0 Å². The van der Waals surface area contributed by atoms with Gasteiger partial charge in [0.15, 0.2) is 11.5 Å². The Labute approximate surface area is 108 Å². The van der Waals surface area contributed by atoms with Gasteiger partial charge in [0, 0.05) is 0 Å². The number of benzene rings is 1. The summed E-state index contributed by atoms with van der Waals surface area (Å²) in [5.74, 6) is -3.74. The lowest BCUT2D eigenvalue weighted by molar-refractivity contribution is -0.124. The summed E-state index contributed by atoms with van der Waals surface area (Å²) >= 11 is 0. The highest BCUT2D eigenvalue weighted by atomic mass is 16.3. The van der Waals surface area contributed by atoms with Crippen LogP contribution in [0.1, 0.15) is 16.8 Å². The van der Waals surface area contributed by atoms with Gasteiger partial charge in [-0.05, 0) is 12.1 Å². The molecular weight excluding hydrogens is 254 g/mol. The lowest BCUT2D eigenvalue weighted by Gasteiger charge is -2.14. The number of carbonyl (C=O) groups is 3. The summed E-state index contributed by atoms with van der Waals surface area (Å²) in [5, 5.41) is 20.9. The predicted octanol–water partition coefficient (Wildman–Crippen LogP) is -1.44. The molecule has 1 aromatic carbocycles. The quantitative estimate of drug-likeness (QED) is 0.413. The lowest BCUT2D eigenvalue weighted by Crippen LogP contribution is -2.46. The van der Waals surface area contributed by atoms with Crippen LogP contribution in [0.5, 0.6) is 11.5 Å². The SMILES string of the molecule is NC(=O)C[C@H](NC(=O)c1cccc(O)c1O)C(N)=O.